The third kappa shape index (κ3) is 2.31. The molecule has 86 valence electrons. The molecule has 0 aliphatic heterocycles. The largest absolute Gasteiger partial charge is 0.478 e. The predicted octanol–water partition coefficient (Wildman–Crippen LogP) is 1.63. The Morgan fingerprint density at radius 2 is 2.00 bits per heavy atom. The van der Waals surface area contributed by atoms with E-state index in [4.69, 9.17) is 5.11 Å². The van der Waals surface area contributed by atoms with Crippen LogP contribution in [0, 0.1) is 0 Å². The smallest absolute Gasteiger partial charge is 0.337 e. The van der Waals surface area contributed by atoms with Gasteiger partial charge in [-0.05, 0) is 12.1 Å². The molecule has 0 saturated heterocycles. The lowest BCUT2D eigenvalue weighted by atomic mass is 10.2. The zero-order chi connectivity index (χ0) is 12.3. The molecule has 0 bridgehead atoms. The molecule has 0 aliphatic carbocycles. The maximum Gasteiger partial charge on any atom is 0.337 e. The molecule has 2 aromatic rings. The summed E-state index contributed by atoms with van der Waals surface area (Å²) in [6.07, 6.45) is 1.33. The highest BCUT2D eigenvalue weighted by Gasteiger charge is 2.14. The van der Waals surface area contributed by atoms with Gasteiger partial charge in [-0.1, -0.05) is 17.3 Å². The second-order valence-corrected chi connectivity index (χ2v) is 3.18. The van der Waals surface area contributed by atoms with E-state index in [1.165, 1.54) is 24.4 Å². The summed E-state index contributed by atoms with van der Waals surface area (Å²) < 4.78 is 4.66. The van der Waals surface area contributed by atoms with Crippen molar-refractivity contribution in [2.75, 3.05) is 5.32 Å². The van der Waals surface area contributed by atoms with Crippen molar-refractivity contribution >= 4 is 17.6 Å². The number of carbonyl (C=O) groups is 2. The molecule has 0 saturated carbocycles. The van der Waals surface area contributed by atoms with Gasteiger partial charge in [-0.25, -0.2) is 4.79 Å². The quantitative estimate of drug-likeness (QED) is 0.838. The van der Waals surface area contributed by atoms with Crippen LogP contribution in [0.25, 0.3) is 0 Å². The Morgan fingerprint density at radius 1 is 1.24 bits per heavy atom. The van der Waals surface area contributed by atoms with Gasteiger partial charge in [0, 0.05) is 6.07 Å². The lowest BCUT2D eigenvalue weighted by Crippen LogP contribution is -2.14. The van der Waals surface area contributed by atoms with E-state index < -0.39 is 11.9 Å². The molecule has 0 radical (unpaired) electrons. The molecular weight excluding hydrogens is 224 g/mol. The highest BCUT2D eigenvalue weighted by Crippen LogP contribution is 2.15. The first-order chi connectivity index (χ1) is 8.18. The molecular formula is C11H8N2O4. The molecule has 6 nitrogen and oxygen atoms in total. The van der Waals surface area contributed by atoms with Crippen LogP contribution >= 0.6 is 0 Å². The van der Waals surface area contributed by atoms with Gasteiger partial charge >= 0.3 is 5.97 Å². The zero-order valence-corrected chi connectivity index (χ0v) is 8.58. The van der Waals surface area contributed by atoms with Crippen LogP contribution in [0.5, 0.6) is 0 Å². The molecule has 0 unspecified atom stereocenters. The van der Waals surface area contributed by atoms with Crippen LogP contribution in [0.3, 0.4) is 0 Å². The molecule has 0 atom stereocenters. The summed E-state index contributed by atoms with van der Waals surface area (Å²) in [7, 11) is 0. The van der Waals surface area contributed by atoms with Gasteiger partial charge in [-0.3, -0.25) is 4.79 Å². The lowest BCUT2D eigenvalue weighted by Gasteiger charge is -2.05. The topological polar surface area (TPSA) is 92.4 Å². The molecule has 17 heavy (non-hydrogen) atoms. The zero-order valence-electron chi connectivity index (χ0n) is 8.58. The first-order valence-corrected chi connectivity index (χ1v) is 4.73. The molecule has 0 fully saturated rings. The second kappa shape index (κ2) is 4.48. The number of benzene rings is 1. The normalized spacial score (nSPS) is 9.88. The number of carbonyl (C=O) groups excluding carboxylic acids is 1. The van der Waals surface area contributed by atoms with E-state index in [1.54, 1.807) is 12.1 Å². The minimum atomic E-state index is -1.11. The number of hydrogen-bond donors (Lipinski definition) is 2. The van der Waals surface area contributed by atoms with Crippen molar-refractivity contribution in [2.24, 2.45) is 0 Å². The Labute approximate surface area is 95.9 Å². The fourth-order valence-corrected chi connectivity index (χ4v) is 1.30. The standard InChI is InChI=1S/C11H8N2O4/c14-10(9-5-6-12-17-9)13-8-4-2-1-3-7(8)11(15)16/h1-6H,(H,13,14)(H,15,16). The fourth-order valence-electron chi connectivity index (χ4n) is 1.30. The summed E-state index contributed by atoms with van der Waals surface area (Å²) in [6, 6.07) is 7.49. The number of anilines is 1. The van der Waals surface area contributed by atoms with Crippen LogP contribution in [-0.4, -0.2) is 22.1 Å². The van der Waals surface area contributed by atoms with Crippen molar-refractivity contribution in [1.82, 2.24) is 5.16 Å². The van der Waals surface area contributed by atoms with Crippen molar-refractivity contribution in [3.8, 4) is 0 Å². The number of hydrogen-bond acceptors (Lipinski definition) is 4. The van der Waals surface area contributed by atoms with E-state index in [0.29, 0.717) is 0 Å². The molecule has 1 heterocycles. The molecule has 2 rings (SSSR count). The number of carboxylic acid groups (broad SMARTS) is 1. The van der Waals surface area contributed by atoms with E-state index in [9.17, 15) is 9.59 Å². The summed E-state index contributed by atoms with van der Waals surface area (Å²) in [5.41, 5.74) is 0.224. The number of carboxylic acids is 1. The number of aromatic carboxylic acids is 1. The number of rotatable bonds is 3. The molecule has 0 aliphatic rings. The third-order valence-electron chi connectivity index (χ3n) is 2.07. The van der Waals surface area contributed by atoms with Gasteiger partial charge < -0.3 is 14.9 Å². The number of para-hydroxylation sites is 1. The Morgan fingerprint density at radius 3 is 2.65 bits per heavy atom. The second-order valence-electron chi connectivity index (χ2n) is 3.18. The molecule has 2 N–H and O–H groups in total. The Bertz CT molecular complexity index is 548. The first-order valence-electron chi connectivity index (χ1n) is 4.73. The van der Waals surface area contributed by atoms with E-state index in [0.717, 1.165) is 0 Å². The Hall–Kier alpha value is -2.63. The highest BCUT2D eigenvalue weighted by atomic mass is 16.5. The number of amides is 1. The maximum atomic E-state index is 11.6. The maximum absolute atomic E-state index is 11.6. The van der Waals surface area contributed by atoms with Crippen molar-refractivity contribution in [1.29, 1.82) is 0 Å². The Kier molecular flexibility index (Phi) is 2.87. The highest BCUT2D eigenvalue weighted by molar-refractivity contribution is 6.06. The van der Waals surface area contributed by atoms with Crippen molar-refractivity contribution < 1.29 is 19.2 Å². The van der Waals surface area contributed by atoms with Crippen LogP contribution < -0.4 is 5.32 Å². The summed E-state index contributed by atoms with van der Waals surface area (Å²) in [6.45, 7) is 0. The monoisotopic (exact) mass is 232 g/mol. The Balaban J connectivity index is 2.25. The van der Waals surface area contributed by atoms with E-state index >= 15 is 0 Å². The van der Waals surface area contributed by atoms with Gasteiger partial charge in [0.05, 0.1) is 17.4 Å². The number of aromatic nitrogens is 1. The van der Waals surface area contributed by atoms with Crippen molar-refractivity contribution in [3.05, 3.63) is 47.9 Å². The average molecular weight is 232 g/mol. The van der Waals surface area contributed by atoms with Crippen LogP contribution in [0.1, 0.15) is 20.9 Å². The fraction of sp³-hybridized carbons (Fsp3) is 0. The van der Waals surface area contributed by atoms with Gasteiger partial charge in [-0.2, -0.15) is 0 Å². The molecule has 0 spiro atoms. The van der Waals surface area contributed by atoms with E-state index in [-0.39, 0.29) is 17.0 Å². The predicted molar refractivity (Wildman–Crippen MR) is 57.9 cm³/mol. The summed E-state index contributed by atoms with van der Waals surface area (Å²) >= 11 is 0. The van der Waals surface area contributed by atoms with E-state index in [1.807, 2.05) is 0 Å². The molecule has 1 aromatic carbocycles. The van der Waals surface area contributed by atoms with Gasteiger partial charge in [0.2, 0.25) is 5.76 Å². The van der Waals surface area contributed by atoms with Crippen LogP contribution in [0.15, 0.2) is 41.1 Å². The summed E-state index contributed by atoms with van der Waals surface area (Å²) in [5.74, 6) is -1.64. The lowest BCUT2D eigenvalue weighted by molar-refractivity contribution is 0.0698. The van der Waals surface area contributed by atoms with Crippen molar-refractivity contribution in [2.45, 2.75) is 0 Å². The van der Waals surface area contributed by atoms with Gasteiger partial charge in [0.25, 0.3) is 5.91 Å². The van der Waals surface area contributed by atoms with Crippen LogP contribution in [0.4, 0.5) is 5.69 Å². The van der Waals surface area contributed by atoms with Crippen LogP contribution in [0.2, 0.25) is 0 Å². The minimum Gasteiger partial charge on any atom is -0.478 e. The third-order valence-corrected chi connectivity index (χ3v) is 2.07. The molecule has 1 amide bonds. The first kappa shape index (κ1) is 10.9. The minimum absolute atomic E-state index is 0.0142. The van der Waals surface area contributed by atoms with Crippen LogP contribution in [-0.2, 0) is 0 Å². The SMILES string of the molecule is O=C(Nc1ccccc1C(=O)O)c1ccno1. The van der Waals surface area contributed by atoms with Gasteiger partial charge in [-0.15, -0.1) is 0 Å². The van der Waals surface area contributed by atoms with Gasteiger partial charge in [0.1, 0.15) is 0 Å². The molecule has 6 heteroatoms. The molecule has 1 aromatic heterocycles. The number of nitrogens with zero attached hydrogens (tertiary/aromatic N) is 1. The number of nitrogens with one attached hydrogen (secondary N) is 1. The van der Waals surface area contributed by atoms with Crippen molar-refractivity contribution in [3.63, 3.8) is 0 Å². The summed E-state index contributed by atoms with van der Waals surface area (Å²) in [4.78, 5) is 22.5. The van der Waals surface area contributed by atoms with E-state index in [2.05, 4.69) is 15.0 Å². The van der Waals surface area contributed by atoms with Gasteiger partial charge in [0.15, 0.2) is 0 Å². The summed E-state index contributed by atoms with van der Waals surface area (Å²) in [5, 5.41) is 14.8. The average Bonchev–Trinajstić information content (AvgIpc) is 2.83.